The molecule has 0 aromatic carbocycles. The first-order chi connectivity index (χ1) is 4.18. The molecule has 1 N–H and O–H groups in total. The number of hydrogen-bond donors (Lipinski definition) is 1. The van der Waals surface area contributed by atoms with Gasteiger partial charge in [-0.1, -0.05) is 6.92 Å². The second-order valence-corrected chi connectivity index (χ2v) is 2.42. The molecule has 0 rings (SSSR count). The first-order valence-electron chi connectivity index (χ1n) is 3.42. The van der Waals surface area contributed by atoms with Gasteiger partial charge in [0, 0.05) is 6.54 Å². The van der Waals surface area contributed by atoms with Gasteiger partial charge >= 0.3 is 0 Å². The molecular weight excluding hydrogens is 112 g/mol. The van der Waals surface area contributed by atoms with Gasteiger partial charge in [-0.05, 0) is 27.4 Å². The summed E-state index contributed by atoms with van der Waals surface area (Å²) in [6, 6.07) is 0. The van der Waals surface area contributed by atoms with Crippen molar-refractivity contribution in [3.05, 3.63) is 6.54 Å². The van der Waals surface area contributed by atoms with Crippen molar-refractivity contribution in [3.63, 3.8) is 0 Å². The zero-order valence-corrected chi connectivity index (χ0v) is 6.81. The van der Waals surface area contributed by atoms with Gasteiger partial charge in [-0.3, -0.25) is 10.2 Å². The fourth-order valence-corrected chi connectivity index (χ4v) is 0.437. The van der Waals surface area contributed by atoms with Crippen LogP contribution < -0.4 is 5.32 Å². The van der Waals surface area contributed by atoms with E-state index in [0.29, 0.717) is 6.17 Å². The highest BCUT2D eigenvalue weighted by Gasteiger charge is 1.99. The monoisotopic (exact) mass is 129 g/mol. The van der Waals surface area contributed by atoms with E-state index in [-0.39, 0.29) is 0 Å². The Morgan fingerprint density at radius 1 is 1.56 bits per heavy atom. The quantitative estimate of drug-likeness (QED) is 0.571. The lowest BCUT2D eigenvalue weighted by Gasteiger charge is -2.20. The summed E-state index contributed by atoms with van der Waals surface area (Å²) in [5.74, 6) is 0. The topological polar surface area (TPSA) is 15.3 Å². The summed E-state index contributed by atoms with van der Waals surface area (Å²) in [6.07, 6.45) is 1.53. The maximum atomic E-state index is 3.23. The van der Waals surface area contributed by atoms with Gasteiger partial charge in [0.25, 0.3) is 0 Å². The minimum absolute atomic E-state index is 0.449. The van der Waals surface area contributed by atoms with E-state index in [4.69, 9.17) is 0 Å². The van der Waals surface area contributed by atoms with Gasteiger partial charge in [0.1, 0.15) is 0 Å². The number of nitrogens with zero attached hydrogens (tertiary/aromatic N) is 1. The SMILES string of the molecule is CC[CH]NC(C)N(C)C. The molecule has 0 bridgehead atoms. The smallest absolute Gasteiger partial charge is 0.0565 e. The first-order valence-corrected chi connectivity index (χ1v) is 3.42. The standard InChI is InChI=1S/C7H17N2/c1-5-6-8-7(2)9(3)4/h6-8H,5H2,1-4H3. The Morgan fingerprint density at radius 3 is 2.44 bits per heavy atom. The van der Waals surface area contributed by atoms with Gasteiger partial charge < -0.3 is 0 Å². The number of hydrogen-bond acceptors (Lipinski definition) is 2. The fraction of sp³-hybridized carbons (Fsp3) is 0.857. The highest BCUT2D eigenvalue weighted by Crippen LogP contribution is 1.87. The van der Waals surface area contributed by atoms with E-state index in [1.165, 1.54) is 0 Å². The van der Waals surface area contributed by atoms with Gasteiger partial charge in [-0.25, -0.2) is 0 Å². The number of nitrogens with one attached hydrogen (secondary N) is 1. The molecule has 0 spiro atoms. The lowest BCUT2D eigenvalue weighted by Crippen LogP contribution is -2.36. The van der Waals surface area contributed by atoms with E-state index < -0.39 is 0 Å². The van der Waals surface area contributed by atoms with E-state index in [1.807, 2.05) is 0 Å². The molecule has 55 valence electrons. The minimum atomic E-state index is 0.449. The van der Waals surface area contributed by atoms with Gasteiger partial charge in [-0.2, -0.15) is 0 Å². The van der Waals surface area contributed by atoms with Crippen molar-refractivity contribution in [1.29, 1.82) is 0 Å². The Balaban J connectivity index is 3.16. The van der Waals surface area contributed by atoms with Crippen molar-refractivity contribution < 1.29 is 0 Å². The molecule has 9 heavy (non-hydrogen) atoms. The van der Waals surface area contributed by atoms with E-state index in [1.54, 1.807) is 0 Å². The van der Waals surface area contributed by atoms with Crippen molar-refractivity contribution in [1.82, 2.24) is 10.2 Å². The van der Waals surface area contributed by atoms with Crippen LogP contribution >= 0.6 is 0 Å². The molecule has 1 unspecified atom stereocenters. The van der Waals surface area contributed by atoms with E-state index in [9.17, 15) is 0 Å². The van der Waals surface area contributed by atoms with Gasteiger partial charge in [0.05, 0.1) is 6.17 Å². The molecule has 0 saturated heterocycles. The highest BCUT2D eigenvalue weighted by molar-refractivity contribution is 4.63. The molecule has 0 aromatic heterocycles. The van der Waals surface area contributed by atoms with Gasteiger partial charge in [-0.15, -0.1) is 0 Å². The summed E-state index contributed by atoms with van der Waals surface area (Å²) < 4.78 is 0. The molecule has 0 amide bonds. The molecule has 2 heteroatoms. The Morgan fingerprint density at radius 2 is 2.11 bits per heavy atom. The third-order valence-corrected chi connectivity index (χ3v) is 1.34. The molecule has 0 fully saturated rings. The Bertz CT molecular complexity index is 61.9. The van der Waals surface area contributed by atoms with Crippen molar-refractivity contribution in [2.24, 2.45) is 0 Å². The molecule has 0 aliphatic carbocycles. The Hall–Kier alpha value is -0.0800. The molecule has 0 aromatic rings. The summed E-state index contributed by atoms with van der Waals surface area (Å²) in [5.41, 5.74) is 0. The van der Waals surface area contributed by atoms with Gasteiger partial charge in [0.2, 0.25) is 0 Å². The summed E-state index contributed by atoms with van der Waals surface area (Å²) in [5, 5.41) is 3.23. The van der Waals surface area contributed by atoms with Crippen molar-refractivity contribution in [3.8, 4) is 0 Å². The van der Waals surface area contributed by atoms with Crippen LogP contribution in [0.25, 0.3) is 0 Å². The third-order valence-electron chi connectivity index (χ3n) is 1.34. The molecule has 0 aliphatic heterocycles. The normalized spacial score (nSPS) is 14.3. The molecule has 1 atom stereocenters. The summed E-state index contributed by atoms with van der Waals surface area (Å²) >= 11 is 0. The lowest BCUT2D eigenvalue weighted by atomic mass is 10.4. The first kappa shape index (κ1) is 8.92. The maximum Gasteiger partial charge on any atom is 0.0565 e. The summed E-state index contributed by atoms with van der Waals surface area (Å²) in [4.78, 5) is 2.13. The van der Waals surface area contributed by atoms with Gasteiger partial charge in [0.15, 0.2) is 0 Å². The molecule has 2 nitrogen and oxygen atoms in total. The third kappa shape index (κ3) is 4.43. The largest absolute Gasteiger partial charge is 0.298 e. The van der Waals surface area contributed by atoms with Crippen molar-refractivity contribution in [2.75, 3.05) is 14.1 Å². The van der Waals surface area contributed by atoms with E-state index in [2.05, 4.69) is 44.7 Å². The van der Waals surface area contributed by atoms with E-state index >= 15 is 0 Å². The average Bonchev–Trinajstić information content (AvgIpc) is 1.82. The van der Waals surface area contributed by atoms with Crippen LogP contribution in [0.2, 0.25) is 0 Å². The molecule has 1 radical (unpaired) electrons. The molecular formula is C7H17N2. The van der Waals surface area contributed by atoms with E-state index in [0.717, 1.165) is 6.42 Å². The molecule has 0 saturated carbocycles. The van der Waals surface area contributed by atoms with Crippen LogP contribution in [-0.4, -0.2) is 25.2 Å². The zero-order valence-electron chi connectivity index (χ0n) is 6.81. The fourth-order valence-electron chi connectivity index (χ4n) is 0.437. The van der Waals surface area contributed by atoms with Crippen LogP contribution in [0.5, 0.6) is 0 Å². The van der Waals surface area contributed by atoms with Crippen LogP contribution in [0.1, 0.15) is 20.3 Å². The van der Waals surface area contributed by atoms with Crippen LogP contribution in [0.4, 0.5) is 0 Å². The minimum Gasteiger partial charge on any atom is -0.298 e. The van der Waals surface area contributed by atoms with Crippen LogP contribution in [-0.2, 0) is 0 Å². The average molecular weight is 129 g/mol. The van der Waals surface area contributed by atoms with Crippen molar-refractivity contribution >= 4 is 0 Å². The van der Waals surface area contributed by atoms with Crippen LogP contribution in [0.3, 0.4) is 0 Å². The van der Waals surface area contributed by atoms with Crippen LogP contribution in [0.15, 0.2) is 0 Å². The maximum absolute atomic E-state index is 3.23. The molecule has 0 heterocycles. The summed E-state index contributed by atoms with van der Waals surface area (Å²) in [6.45, 7) is 6.33. The highest BCUT2D eigenvalue weighted by atomic mass is 15.2. The predicted molar refractivity (Wildman–Crippen MR) is 40.9 cm³/mol. The van der Waals surface area contributed by atoms with Crippen LogP contribution in [0, 0.1) is 6.54 Å². The lowest BCUT2D eigenvalue weighted by molar-refractivity contribution is 0.279. The summed E-state index contributed by atoms with van der Waals surface area (Å²) in [7, 11) is 4.11. The second kappa shape index (κ2) is 4.77. The Kier molecular flexibility index (Phi) is 4.72. The number of rotatable bonds is 4. The zero-order chi connectivity index (χ0) is 7.28. The molecule has 0 aliphatic rings. The van der Waals surface area contributed by atoms with Crippen molar-refractivity contribution in [2.45, 2.75) is 26.4 Å². The second-order valence-electron chi connectivity index (χ2n) is 2.42. The Labute approximate surface area is 58.2 Å². The predicted octanol–water partition coefficient (Wildman–Crippen LogP) is 1.06.